The van der Waals surface area contributed by atoms with Crippen LogP contribution in [-0.2, 0) is 6.61 Å². The average Bonchev–Trinajstić information content (AvgIpc) is 3.25. The van der Waals surface area contributed by atoms with E-state index in [1.165, 1.54) is 11.4 Å². The Kier molecular flexibility index (Phi) is 6.62. The van der Waals surface area contributed by atoms with Crippen molar-refractivity contribution in [2.45, 2.75) is 6.61 Å². The number of carboxylic acid groups (broad SMARTS) is 1. The van der Waals surface area contributed by atoms with Crippen molar-refractivity contribution >= 4 is 28.2 Å². The Morgan fingerprint density at radius 1 is 1.09 bits per heavy atom. The Labute approximate surface area is 197 Å². The maximum atomic E-state index is 14.7. The molecule has 2 aromatic heterocycles. The second-order valence-electron chi connectivity index (χ2n) is 7.06. The summed E-state index contributed by atoms with van der Waals surface area (Å²) in [4.78, 5) is 39.0. The van der Waals surface area contributed by atoms with Gasteiger partial charge in [-0.1, -0.05) is 6.07 Å². The molecule has 0 bridgehead atoms. The van der Waals surface area contributed by atoms with Gasteiger partial charge in [-0.15, -0.1) is 11.3 Å². The molecule has 4 aromatic rings. The van der Waals surface area contributed by atoms with Crippen LogP contribution in [-0.4, -0.2) is 38.9 Å². The quantitative estimate of drug-likeness (QED) is 0.334. The Morgan fingerprint density at radius 2 is 1.83 bits per heavy atom. The summed E-state index contributed by atoms with van der Waals surface area (Å²) < 4.78 is 53.6. The molecule has 0 spiro atoms. The number of aliphatic hydroxyl groups excluding tert-OH is 1. The van der Waals surface area contributed by atoms with Gasteiger partial charge in [0.25, 0.3) is 5.56 Å². The van der Waals surface area contributed by atoms with Crippen LogP contribution >= 0.6 is 11.3 Å². The van der Waals surface area contributed by atoms with E-state index in [1.807, 2.05) is 0 Å². The standard InChI is InChI=1S/C22H15F3N2O7S/c23-11-2-1-10(8-34-18-15(33-6-5-28)4-3-12(24)17(18)25)7-14(11)27-20(29)16-13(26-22(27)32)9-35-19(16)21(30)31/h1-4,7,9,28H,5-6,8H2,(H,26,32)(H,30,31). The minimum absolute atomic E-state index is 0.00414. The Balaban J connectivity index is 1.74. The first-order valence-corrected chi connectivity index (χ1v) is 10.7. The number of aromatic nitrogens is 2. The van der Waals surface area contributed by atoms with Gasteiger partial charge in [-0.3, -0.25) is 4.79 Å². The molecular weight excluding hydrogens is 493 g/mol. The van der Waals surface area contributed by atoms with Crippen LogP contribution in [0.5, 0.6) is 11.5 Å². The third-order valence-corrected chi connectivity index (χ3v) is 5.81. The zero-order valence-corrected chi connectivity index (χ0v) is 18.3. The normalized spacial score (nSPS) is 11.1. The summed E-state index contributed by atoms with van der Waals surface area (Å²) in [6, 6.07) is 5.16. The number of ether oxygens (including phenoxy) is 2. The van der Waals surface area contributed by atoms with Crippen molar-refractivity contribution in [2.24, 2.45) is 0 Å². The molecule has 0 radical (unpaired) electrons. The zero-order valence-electron chi connectivity index (χ0n) is 17.5. The van der Waals surface area contributed by atoms with E-state index in [1.54, 1.807) is 0 Å². The van der Waals surface area contributed by atoms with Crippen molar-refractivity contribution in [3.63, 3.8) is 0 Å². The predicted octanol–water partition coefficient (Wildman–Crippen LogP) is 2.81. The summed E-state index contributed by atoms with van der Waals surface area (Å²) >= 11 is 0.730. The molecule has 4 rings (SSSR count). The Hall–Kier alpha value is -4.10. The first kappa shape index (κ1) is 24.0. The molecule has 0 aliphatic rings. The predicted molar refractivity (Wildman–Crippen MR) is 118 cm³/mol. The third-order valence-electron chi connectivity index (χ3n) is 4.84. The van der Waals surface area contributed by atoms with Crippen molar-refractivity contribution in [3.8, 4) is 17.2 Å². The molecular formula is C22H15F3N2O7S. The van der Waals surface area contributed by atoms with Crippen LogP contribution in [0, 0.1) is 17.5 Å². The Bertz CT molecular complexity index is 1560. The number of aliphatic hydroxyl groups is 1. The molecule has 0 atom stereocenters. The van der Waals surface area contributed by atoms with Gasteiger partial charge in [-0.05, 0) is 29.8 Å². The minimum atomic E-state index is -1.39. The van der Waals surface area contributed by atoms with Crippen molar-refractivity contribution in [2.75, 3.05) is 13.2 Å². The van der Waals surface area contributed by atoms with E-state index in [4.69, 9.17) is 14.6 Å². The van der Waals surface area contributed by atoms with E-state index in [0.29, 0.717) is 4.57 Å². The summed E-state index contributed by atoms with van der Waals surface area (Å²) in [6.07, 6.45) is 0. The van der Waals surface area contributed by atoms with Gasteiger partial charge in [0.2, 0.25) is 11.6 Å². The number of nitrogens with one attached hydrogen (secondary N) is 1. The minimum Gasteiger partial charge on any atom is -0.487 e. The number of aromatic amines is 1. The van der Waals surface area contributed by atoms with E-state index < -0.39 is 52.7 Å². The van der Waals surface area contributed by atoms with E-state index in [2.05, 4.69) is 4.98 Å². The highest BCUT2D eigenvalue weighted by Crippen LogP contribution is 2.33. The number of carboxylic acids is 1. The van der Waals surface area contributed by atoms with E-state index in [0.717, 1.165) is 35.6 Å². The van der Waals surface area contributed by atoms with Crippen molar-refractivity contribution in [1.82, 2.24) is 9.55 Å². The molecule has 3 N–H and O–H groups in total. The van der Waals surface area contributed by atoms with Crippen LogP contribution in [0.2, 0.25) is 0 Å². The lowest BCUT2D eigenvalue weighted by molar-refractivity contribution is 0.0704. The summed E-state index contributed by atoms with van der Waals surface area (Å²) in [6.45, 7) is -1.05. The number of carbonyl (C=O) groups is 1. The molecule has 0 aliphatic heterocycles. The first-order chi connectivity index (χ1) is 16.7. The fourth-order valence-electron chi connectivity index (χ4n) is 3.31. The SMILES string of the molecule is O=C(O)c1scc2[nH]c(=O)n(-c3cc(COc4c(OCCO)ccc(F)c4F)ccc3F)c(=O)c12. The smallest absolute Gasteiger partial charge is 0.346 e. The number of hydrogen-bond donors (Lipinski definition) is 3. The van der Waals surface area contributed by atoms with Crippen molar-refractivity contribution in [1.29, 1.82) is 0 Å². The van der Waals surface area contributed by atoms with Gasteiger partial charge < -0.3 is 24.7 Å². The second-order valence-corrected chi connectivity index (χ2v) is 7.94. The summed E-state index contributed by atoms with van der Waals surface area (Å²) in [7, 11) is 0. The number of rotatable bonds is 8. The zero-order chi connectivity index (χ0) is 25.3. The number of nitrogens with zero attached hydrogens (tertiary/aromatic N) is 1. The highest BCUT2D eigenvalue weighted by Gasteiger charge is 2.21. The van der Waals surface area contributed by atoms with Crippen molar-refractivity contribution < 1.29 is 37.7 Å². The molecule has 13 heteroatoms. The molecule has 0 saturated carbocycles. The highest BCUT2D eigenvalue weighted by molar-refractivity contribution is 7.13. The van der Waals surface area contributed by atoms with E-state index >= 15 is 0 Å². The number of aromatic carboxylic acids is 1. The van der Waals surface area contributed by atoms with Gasteiger partial charge in [0.05, 0.1) is 23.2 Å². The number of H-pyrrole nitrogens is 1. The monoisotopic (exact) mass is 508 g/mol. The number of benzene rings is 2. The average molecular weight is 508 g/mol. The van der Waals surface area contributed by atoms with Gasteiger partial charge in [0.15, 0.2) is 11.6 Å². The lowest BCUT2D eigenvalue weighted by Crippen LogP contribution is -2.34. The molecule has 0 unspecified atom stereocenters. The van der Waals surface area contributed by atoms with Gasteiger partial charge in [0.1, 0.15) is 23.9 Å². The van der Waals surface area contributed by atoms with Gasteiger partial charge >= 0.3 is 11.7 Å². The van der Waals surface area contributed by atoms with Crippen LogP contribution < -0.4 is 20.7 Å². The number of halogens is 3. The molecule has 35 heavy (non-hydrogen) atoms. The molecule has 0 saturated heterocycles. The molecule has 0 amide bonds. The lowest BCUT2D eigenvalue weighted by atomic mass is 10.2. The second kappa shape index (κ2) is 9.64. The first-order valence-electron chi connectivity index (χ1n) is 9.86. The third kappa shape index (κ3) is 4.50. The Morgan fingerprint density at radius 3 is 2.54 bits per heavy atom. The highest BCUT2D eigenvalue weighted by atomic mass is 32.1. The van der Waals surface area contributed by atoms with Crippen LogP contribution in [0.25, 0.3) is 16.6 Å². The summed E-state index contributed by atoms with van der Waals surface area (Å²) in [5, 5.41) is 19.2. The van der Waals surface area contributed by atoms with Gasteiger partial charge in [-0.25, -0.2) is 22.9 Å². The molecule has 0 fully saturated rings. The fraction of sp³-hybridized carbons (Fsp3) is 0.136. The van der Waals surface area contributed by atoms with Crippen LogP contribution in [0.15, 0.2) is 45.3 Å². The summed E-state index contributed by atoms with van der Waals surface area (Å²) in [5.41, 5.74) is -2.40. The molecule has 2 aromatic carbocycles. The molecule has 182 valence electrons. The topological polar surface area (TPSA) is 131 Å². The lowest BCUT2D eigenvalue weighted by Gasteiger charge is -2.14. The summed E-state index contributed by atoms with van der Waals surface area (Å²) in [5.74, 6) is -5.70. The van der Waals surface area contributed by atoms with Gasteiger partial charge in [-0.2, -0.15) is 4.39 Å². The molecule has 9 nitrogen and oxygen atoms in total. The van der Waals surface area contributed by atoms with Crippen LogP contribution in [0.1, 0.15) is 15.2 Å². The van der Waals surface area contributed by atoms with Gasteiger partial charge in [0, 0.05) is 5.38 Å². The number of thiophene rings is 1. The van der Waals surface area contributed by atoms with Crippen LogP contribution in [0.3, 0.4) is 0 Å². The largest absolute Gasteiger partial charge is 0.487 e. The molecule has 2 heterocycles. The molecule has 0 aliphatic carbocycles. The number of fused-ring (bicyclic) bond motifs is 1. The fourth-order valence-corrected chi connectivity index (χ4v) is 4.13. The maximum Gasteiger partial charge on any atom is 0.346 e. The van der Waals surface area contributed by atoms with E-state index in [9.17, 15) is 32.7 Å². The number of hydrogen-bond acceptors (Lipinski definition) is 7. The van der Waals surface area contributed by atoms with E-state index in [-0.39, 0.29) is 40.3 Å². The van der Waals surface area contributed by atoms with Crippen LogP contribution in [0.4, 0.5) is 13.2 Å². The van der Waals surface area contributed by atoms with Crippen molar-refractivity contribution in [3.05, 3.63) is 84.4 Å². The maximum absolute atomic E-state index is 14.7.